The van der Waals surface area contributed by atoms with Crippen molar-refractivity contribution < 1.29 is 19.8 Å². The number of carboxylic acid groups (broad SMARTS) is 2. The van der Waals surface area contributed by atoms with Crippen LogP contribution in [0, 0.1) is 11.8 Å². The number of benzene rings is 2. The Balaban J connectivity index is 0.000000200. The molecule has 1 heterocycles. The van der Waals surface area contributed by atoms with Crippen molar-refractivity contribution in [2.24, 2.45) is 17.7 Å². The highest BCUT2D eigenvalue weighted by atomic mass is 16.4. The zero-order valence-corrected chi connectivity index (χ0v) is 18.6. The lowest BCUT2D eigenvalue weighted by atomic mass is 9.72. The van der Waals surface area contributed by atoms with Gasteiger partial charge in [0.2, 0.25) is 0 Å². The van der Waals surface area contributed by atoms with Gasteiger partial charge in [0.05, 0.1) is 11.1 Å². The number of H-pyrrole nitrogens is 1. The van der Waals surface area contributed by atoms with Gasteiger partial charge in [0.1, 0.15) is 0 Å². The van der Waals surface area contributed by atoms with Crippen molar-refractivity contribution in [1.82, 2.24) is 4.98 Å². The normalized spacial score (nSPS) is 18.2. The largest absolute Gasteiger partial charge is 0.478 e. The second kappa shape index (κ2) is 10.1. The molecule has 0 bridgehead atoms. The van der Waals surface area contributed by atoms with Gasteiger partial charge in [0.25, 0.3) is 0 Å². The van der Waals surface area contributed by atoms with Gasteiger partial charge in [0, 0.05) is 22.3 Å². The Labute approximate surface area is 193 Å². The average molecular weight is 450 g/mol. The number of nitrogens with two attached hydrogens (primary N) is 1. The summed E-state index contributed by atoms with van der Waals surface area (Å²) in [6.07, 6.45) is 10.5. The van der Waals surface area contributed by atoms with Gasteiger partial charge < -0.3 is 20.6 Å². The Bertz CT molecular complexity index is 1130. The van der Waals surface area contributed by atoms with Crippen LogP contribution in [-0.2, 0) is 12.8 Å². The van der Waals surface area contributed by atoms with Crippen molar-refractivity contribution in [2.75, 3.05) is 5.43 Å². The molecule has 1 aromatic heterocycles. The summed E-state index contributed by atoms with van der Waals surface area (Å²) >= 11 is 0. The first-order valence-electron chi connectivity index (χ1n) is 11.6. The molecule has 0 spiro atoms. The van der Waals surface area contributed by atoms with Crippen LogP contribution in [0.25, 0.3) is 10.9 Å². The zero-order valence-electron chi connectivity index (χ0n) is 18.6. The minimum atomic E-state index is -0.937. The number of aromatic nitrogens is 1. The van der Waals surface area contributed by atoms with Crippen LogP contribution in [0.3, 0.4) is 0 Å². The van der Waals surface area contributed by atoms with Crippen molar-refractivity contribution in [3.8, 4) is 0 Å². The van der Waals surface area contributed by atoms with Crippen molar-refractivity contribution in [2.45, 2.75) is 51.4 Å². The molecule has 1 saturated carbocycles. The number of fused-ring (bicyclic) bond motifs is 3. The number of nitrogens with one attached hydrogen (secondary N) is 2. The van der Waals surface area contributed by atoms with Gasteiger partial charge in [0.15, 0.2) is 0 Å². The van der Waals surface area contributed by atoms with Gasteiger partial charge in [-0.25, -0.2) is 9.59 Å². The molecule has 7 nitrogen and oxygen atoms in total. The molecule has 0 radical (unpaired) electrons. The third kappa shape index (κ3) is 5.20. The fourth-order valence-corrected chi connectivity index (χ4v) is 5.29. The number of hydrogen-bond acceptors (Lipinski definition) is 4. The fourth-order valence-electron chi connectivity index (χ4n) is 5.29. The molecule has 0 amide bonds. The predicted molar refractivity (Wildman–Crippen MR) is 129 cm³/mol. The lowest BCUT2D eigenvalue weighted by Gasteiger charge is -2.33. The monoisotopic (exact) mass is 449 g/mol. The molecule has 2 aliphatic carbocycles. The molecule has 1 atom stereocenters. The van der Waals surface area contributed by atoms with Crippen LogP contribution in [0.2, 0.25) is 0 Å². The summed E-state index contributed by atoms with van der Waals surface area (Å²) in [5.41, 5.74) is 7.56. The number of hydrogen-bond donors (Lipinski definition) is 5. The molecule has 0 aliphatic heterocycles. The topological polar surface area (TPSA) is 128 Å². The van der Waals surface area contributed by atoms with E-state index in [-0.39, 0.29) is 5.56 Å². The molecule has 0 saturated heterocycles. The molecular formula is C26H31N3O4. The fraction of sp³-hybridized carbons (Fsp3) is 0.385. The number of aromatic amines is 1. The number of aromatic carboxylic acids is 2. The Hall–Kier alpha value is -3.32. The molecule has 5 rings (SSSR count). The maximum atomic E-state index is 11.2. The van der Waals surface area contributed by atoms with E-state index in [1.54, 1.807) is 18.2 Å². The van der Waals surface area contributed by atoms with E-state index in [0.29, 0.717) is 11.3 Å². The summed E-state index contributed by atoms with van der Waals surface area (Å²) in [6, 6.07) is 11.6. The minimum Gasteiger partial charge on any atom is -0.478 e. The molecule has 3 aromatic rings. The van der Waals surface area contributed by atoms with Crippen molar-refractivity contribution >= 4 is 28.5 Å². The smallest absolute Gasteiger partial charge is 0.335 e. The second-order valence-electron chi connectivity index (χ2n) is 9.08. The predicted octanol–water partition coefficient (Wildman–Crippen LogP) is 5.22. The zero-order chi connectivity index (χ0) is 23.4. The Morgan fingerprint density at radius 1 is 0.879 bits per heavy atom. The Morgan fingerprint density at radius 2 is 1.55 bits per heavy atom. The molecule has 2 aromatic carbocycles. The van der Waals surface area contributed by atoms with E-state index in [1.807, 2.05) is 12.1 Å². The van der Waals surface area contributed by atoms with E-state index in [0.717, 1.165) is 35.6 Å². The lowest BCUT2D eigenvalue weighted by Crippen LogP contribution is -2.24. The maximum Gasteiger partial charge on any atom is 0.335 e. The Kier molecular flexibility index (Phi) is 6.99. The number of nitrogen functional groups attached to an aromatic ring is 1. The maximum absolute atomic E-state index is 11.2. The molecule has 33 heavy (non-hydrogen) atoms. The summed E-state index contributed by atoms with van der Waals surface area (Å²) < 4.78 is 0. The highest BCUT2D eigenvalue weighted by Gasteiger charge is 2.29. The molecule has 1 fully saturated rings. The van der Waals surface area contributed by atoms with Crippen molar-refractivity contribution in [3.05, 3.63) is 64.8 Å². The standard InChI is InChI=1S/C19H23NO2.C7H8N2O2/c21-19(22)14-7-9-18-16(11-14)15-10-13(6-8-17(15)20-18)12-4-2-1-3-5-12;8-9-6-3-1-5(2-4-6)7(10)11/h7,9,11-13,20H,1-6,8,10H2,(H,21,22);1-4,9H,8H2,(H,10,11). The molecule has 7 heteroatoms. The van der Waals surface area contributed by atoms with Gasteiger partial charge in [-0.2, -0.15) is 0 Å². The first-order chi connectivity index (χ1) is 16.0. The van der Waals surface area contributed by atoms with Crippen molar-refractivity contribution in [1.29, 1.82) is 0 Å². The summed E-state index contributed by atoms with van der Waals surface area (Å²) in [7, 11) is 0. The van der Waals surface area contributed by atoms with Crippen LogP contribution < -0.4 is 11.3 Å². The minimum absolute atomic E-state index is 0.254. The highest BCUT2D eigenvalue weighted by molar-refractivity contribution is 5.95. The summed E-state index contributed by atoms with van der Waals surface area (Å²) in [6.45, 7) is 0. The van der Waals surface area contributed by atoms with Crippen molar-refractivity contribution in [3.63, 3.8) is 0 Å². The van der Waals surface area contributed by atoms with Crippen LogP contribution in [0.1, 0.15) is 70.5 Å². The van der Waals surface area contributed by atoms with Gasteiger partial charge >= 0.3 is 11.9 Å². The van der Waals surface area contributed by atoms with Gasteiger partial charge in [-0.1, -0.05) is 32.1 Å². The molecule has 6 N–H and O–H groups in total. The molecular weight excluding hydrogens is 418 g/mol. The summed E-state index contributed by atoms with van der Waals surface area (Å²) in [4.78, 5) is 25.1. The van der Waals surface area contributed by atoms with E-state index < -0.39 is 11.9 Å². The number of carbonyl (C=O) groups is 2. The molecule has 2 aliphatic rings. The first-order valence-corrected chi connectivity index (χ1v) is 11.6. The van der Waals surface area contributed by atoms with E-state index in [4.69, 9.17) is 10.9 Å². The van der Waals surface area contributed by atoms with E-state index in [2.05, 4.69) is 10.4 Å². The highest BCUT2D eigenvalue weighted by Crippen LogP contribution is 2.40. The van der Waals surface area contributed by atoms with Crippen LogP contribution in [-0.4, -0.2) is 27.1 Å². The van der Waals surface area contributed by atoms with E-state index in [9.17, 15) is 14.7 Å². The third-order valence-electron chi connectivity index (χ3n) is 7.09. The summed E-state index contributed by atoms with van der Waals surface area (Å²) in [5.74, 6) is 4.98. The summed E-state index contributed by atoms with van der Waals surface area (Å²) in [5, 5.41) is 18.9. The molecule has 1 unspecified atom stereocenters. The van der Waals surface area contributed by atoms with Gasteiger partial charge in [-0.3, -0.25) is 5.84 Å². The Morgan fingerprint density at radius 3 is 2.18 bits per heavy atom. The SMILES string of the molecule is NNc1ccc(C(=O)O)cc1.O=C(O)c1ccc2[nH]c3c(c2c1)CC(C1CCCCC1)CC3. The van der Waals surface area contributed by atoms with Crippen LogP contribution in [0.5, 0.6) is 0 Å². The number of aryl methyl sites for hydroxylation is 1. The molecule has 174 valence electrons. The second-order valence-corrected chi connectivity index (χ2v) is 9.08. The van der Waals surface area contributed by atoms with Crippen LogP contribution in [0.4, 0.5) is 5.69 Å². The quantitative estimate of drug-likeness (QED) is 0.274. The number of carboxylic acids is 2. The van der Waals surface area contributed by atoms with Gasteiger partial charge in [-0.15, -0.1) is 0 Å². The van der Waals surface area contributed by atoms with Crippen LogP contribution in [0.15, 0.2) is 42.5 Å². The van der Waals surface area contributed by atoms with E-state index in [1.165, 1.54) is 61.9 Å². The average Bonchev–Trinajstić information content (AvgIpc) is 3.22. The van der Waals surface area contributed by atoms with E-state index >= 15 is 0 Å². The van der Waals surface area contributed by atoms with Crippen LogP contribution >= 0.6 is 0 Å². The van der Waals surface area contributed by atoms with Gasteiger partial charge in [-0.05, 0) is 79.1 Å². The third-order valence-corrected chi connectivity index (χ3v) is 7.09. The number of rotatable bonds is 4. The lowest BCUT2D eigenvalue weighted by molar-refractivity contribution is 0.0686. The number of hydrazine groups is 1. The first kappa shape index (κ1) is 22.9. The number of anilines is 1.